The van der Waals surface area contributed by atoms with Crippen molar-refractivity contribution in [3.63, 3.8) is 0 Å². The van der Waals surface area contributed by atoms with E-state index in [-0.39, 0.29) is 18.0 Å². The summed E-state index contributed by atoms with van der Waals surface area (Å²) in [6, 6.07) is 15.5. The number of carbonyl (C=O) groups is 1. The molecule has 5 rings (SSSR count). The van der Waals surface area contributed by atoms with Crippen molar-refractivity contribution in [1.29, 1.82) is 0 Å². The van der Waals surface area contributed by atoms with Crippen LogP contribution in [-0.2, 0) is 0 Å². The van der Waals surface area contributed by atoms with Crippen LogP contribution in [0.1, 0.15) is 29.6 Å². The molecule has 150 valence electrons. The van der Waals surface area contributed by atoms with E-state index in [9.17, 15) is 4.79 Å². The molecule has 1 amide bonds. The normalized spacial score (nSPS) is 18.6. The van der Waals surface area contributed by atoms with Gasteiger partial charge in [-0.3, -0.25) is 9.78 Å². The van der Waals surface area contributed by atoms with Crippen LogP contribution in [0.2, 0.25) is 0 Å². The molecule has 2 atom stereocenters. The van der Waals surface area contributed by atoms with E-state index >= 15 is 0 Å². The van der Waals surface area contributed by atoms with Gasteiger partial charge in [-0.1, -0.05) is 30.3 Å². The molecule has 3 heterocycles. The topological polar surface area (TPSA) is 98.2 Å². The molecule has 0 saturated heterocycles. The molecular formula is C23H22N6O. The maximum absolute atomic E-state index is 12.7. The zero-order chi connectivity index (χ0) is 20.5. The van der Waals surface area contributed by atoms with Gasteiger partial charge in [-0.25, -0.2) is 9.50 Å². The molecule has 1 aliphatic carbocycles. The Balaban J connectivity index is 1.48. The number of nitrogens with one attached hydrogen (secondary N) is 1. The number of hydrogen-bond donors (Lipinski definition) is 2. The highest BCUT2D eigenvalue weighted by Crippen LogP contribution is 2.25. The van der Waals surface area contributed by atoms with E-state index in [2.05, 4.69) is 15.4 Å². The Morgan fingerprint density at radius 2 is 1.97 bits per heavy atom. The van der Waals surface area contributed by atoms with E-state index < -0.39 is 0 Å². The first-order valence-corrected chi connectivity index (χ1v) is 10.1. The summed E-state index contributed by atoms with van der Waals surface area (Å²) in [6.07, 6.45) is 8.17. The lowest BCUT2D eigenvalue weighted by molar-refractivity contribution is 0.0934. The molecule has 1 saturated carbocycles. The van der Waals surface area contributed by atoms with E-state index in [1.165, 1.54) is 0 Å². The summed E-state index contributed by atoms with van der Waals surface area (Å²) in [4.78, 5) is 22.0. The number of nitrogens with two attached hydrogens (primary N) is 1. The zero-order valence-electron chi connectivity index (χ0n) is 16.4. The summed E-state index contributed by atoms with van der Waals surface area (Å²) in [5, 5.41) is 7.45. The number of amides is 1. The molecule has 4 aromatic rings. The fourth-order valence-electron chi connectivity index (χ4n) is 3.96. The van der Waals surface area contributed by atoms with Gasteiger partial charge in [-0.2, -0.15) is 5.10 Å². The number of benzene rings is 1. The first-order valence-electron chi connectivity index (χ1n) is 10.1. The standard InChI is InChI=1S/C23H22N6O/c24-18-7-4-8-20(18)28-23(30)16-9-11-25-21(13-16)17-14-26-29-12-10-19(27-22(17)29)15-5-2-1-3-6-15/h1-3,5-6,9-14,18,20H,4,7-8,24H2,(H,28,30)/t18-,20-/m0/s1. The summed E-state index contributed by atoms with van der Waals surface area (Å²) < 4.78 is 1.72. The van der Waals surface area contributed by atoms with E-state index in [0.29, 0.717) is 16.9 Å². The van der Waals surface area contributed by atoms with Gasteiger partial charge in [0.05, 0.1) is 23.1 Å². The number of carbonyl (C=O) groups excluding carboxylic acids is 1. The van der Waals surface area contributed by atoms with Crippen LogP contribution in [0.25, 0.3) is 28.2 Å². The lowest BCUT2D eigenvalue weighted by Gasteiger charge is -2.17. The van der Waals surface area contributed by atoms with Crippen molar-refractivity contribution < 1.29 is 4.79 Å². The van der Waals surface area contributed by atoms with E-state index in [0.717, 1.165) is 36.1 Å². The first kappa shape index (κ1) is 18.4. The molecule has 0 bridgehead atoms. The van der Waals surface area contributed by atoms with Crippen LogP contribution in [-0.4, -0.2) is 37.6 Å². The van der Waals surface area contributed by atoms with Gasteiger partial charge in [0, 0.05) is 35.6 Å². The van der Waals surface area contributed by atoms with Crippen molar-refractivity contribution in [2.24, 2.45) is 5.73 Å². The van der Waals surface area contributed by atoms with Crippen molar-refractivity contribution in [1.82, 2.24) is 24.9 Å². The van der Waals surface area contributed by atoms with Crippen molar-refractivity contribution in [2.45, 2.75) is 31.3 Å². The Labute approximate surface area is 174 Å². The van der Waals surface area contributed by atoms with Gasteiger partial charge in [-0.05, 0) is 37.5 Å². The van der Waals surface area contributed by atoms with Crippen molar-refractivity contribution in [2.75, 3.05) is 0 Å². The lowest BCUT2D eigenvalue weighted by Crippen LogP contribution is -2.43. The van der Waals surface area contributed by atoms with E-state index in [4.69, 9.17) is 10.7 Å². The zero-order valence-corrected chi connectivity index (χ0v) is 16.4. The molecule has 0 spiro atoms. The minimum Gasteiger partial charge on any atom is -0.348 e. The fourth-order valence-corrected chi connectivity index (χ4v) is 3.96. The summed E-state index contributed by atoms with van der Waals surface area (Å²) in [5.41, 5.74) is 10.7. The molecule has 0 radical (unpaired) electrons. The molecule has 3 aromatic heterocycles. The van der Waals surface area contributed by atoms with Gasteiger partial charge in [0.2, 0.25) is 0 Å². The fraction of sp³-hybridized carbons (Fsp3) is 0.217. The highest BCUT2D eigenvalue weighted by atomic mass is 16.1. The molecule has 30 heavy (non-hydrogen) atoms. The molecule has 0 unspecified atom stereocenters. The Hall–Kier alpha value is -3.58. The number of nitrogens with zero attached hydrogens (tertiary/aromatic N) is 4. The Morgan fingerprint density at radius 1 is 1.10 bits per heavy atom. The highest BCUT2D eigenvalue weighted by molar-refractivity contribution is 5.95. The predicted molar refractivity (Wildman–Crippen MR) is 115 cm³/mol. The second-order valence-corrected chi connectivity index (χ2v) is 7.61. The molecule has 7 heteroatoms. The van der Waals surface area contributed by atoms with E-state index in [1.54, 1.807) is 29.0 Å². The van der Waals surface area contributed by atoms with Crippen LogP contribution in [0, 0.1) is 0 Å². The van der Waals surface area contributed by atoms with Crippen molar-refractivity contribution >= 4 is 11.6 Å². The molecule has 1 aliphatic rings. The quantitative estimate of drug-likeness (QED) is 0.550. The van der Waals surface area contributed by atoms with Gasteiger partial charge in [0.15, 0.2) is 5.65 Å². The predicted octanol–water partition coefficient (Wildman–Crippen LogP) is 3.07. The average Bonchev–Trinajstić information content (AvgIpc) is 3.40. The van der Waals surface area contributed by atoms with Gasteiger partial charge in [0.25, 0.3) is 5.91 Å². The molecule has 1 aromatic carbocycles. The summed E-state index contributed by atoms with van der Waals surface area (Å²) in [5.74, 6) is -0.129. The van der Waals surface area contributed by atoms with Gasteiger partial charge < -0.3 is 11.1 Å². The largest absolute Gasteiger partial charge is 0.348 e. The molecule has 1 fully saturated rings. The van der Waals surface area contributed by atoms with Crippen LogP contribution in [0.5, 0.6) is 0 Å². The number of pyridine rings is 1. The summed E-state index contributed by atoms with van der Waals surface area (Å²) in [7, 11) is 0. The molecule has 7 nitrogen and oxygen atoms in total. The van der Waals surface area contributed by atoms with Crippen LogP contribution < -0.4 is 11.1 Å². The molecule has 3 N–H and O–H groups in total. The van der Waals surface area contributed by atoms with Gasteiger partial charge in [-0.15, -0.1) is 0 Å². The lowest BCUT2D eigenvalue weighted by atomic mass is 10.1. The minimum absolute atomic E-state index is 0.0236. The number of rotatable bonds is 4. The second kappa shape index (κ2) is 7.68. The Kier molecular flexibility index (Phi) is 4.72. The minimum atomic E-state index is -0.129. The van der Waals surface area contributed by atoms with Gasteiger partial charge >= 0.3 is 0 Å². The maximum atomic E-state index is 12.7. The third-order valence-electron chi connectivity index (χ3n) is 5.62. The third kappa shape index (κ3) is 3.44. The van der Waals surface area contributed by atoms with Crippen molar-refractivity contribution in [3.8, 4) is 22.5 Å². The second-order valence-electron chi connectivity index (χ2n) is 7.61. The van der Waals surface area contributed by atoms with E-state index in [1.807, 2.05) is 42.6 Å². The monoisotopic (exact) mass is 398 g/mol. The van der Waals surface area contributed by atoms with Gasteiger partial charge in [0.1, 0.15) is 0 Å². The Morgan fingerprint density at radius 3 is 2.77 bits per heavy atom. The van der Waals surface area contributed by atoms with Crippen LogP contribution in [0.3, 0.4) is 0 Å². The van der Waals surface area contributed by atoms with Crippen LogP contribution in [0.4, 0.5) is 0 Å². The summed E-state index contributed by atoms with van der Waals surface area (Å²) >= 11 is 0. The number of fused-ring (bicyclic) bond motifs is 1. The number of hydrogen-bond acceptors (Lipinski definition) is 5. The maximum Gasteiger partial charge on any atom is 0.251 e. The van der Waals surface area contributed by atoms with Crippen LogP contribution in [0.15, 0.2) is 67.1 Å². The smallest absolute Gasteiger partial charge is 0.251 e. The Bertz CT molecular complexity index is 1200. The summed E-state index contributed by atoms with van der Waals surface area (Å²) in [6.45, 7) is 0. The molecule has 0 aliphatic heterocycles. The third-order valence-corrected chi connectivity index (χ3v) is 5.62. The van der Waals surface area contributed by atoms with Crippen molar-refractivity contribution in [3.05, 3.63) is 72.7 Å². The SMILES string of the molecule is N[C@H]1CCC[C@@H]1NC(=O)c1ccnc(-c2cnn3ccc(-c4ccccc4)nc23)c1. The number of aromatic nitrogens is 4. The highest BCUT2D eigenvalue weighted by Gasteiger charge is 2.25. The average molecular weight is 398 g/mol. The first-order chi connectivity index (χ1) is 14.7. The van der Waals surface area contributed by atoms with Crippen LogP contribution >= 0.6 is 0 Å². The molecular weight excluding hydrogens is 376 g/mol.